The third-order valence-electron chi connectivity index (χ3n) is 6.48. The summed E-state index contributed by atoms with van der Waals surface area (Å²) in [5, 5.41) is 5.52. The molecule has 6 nitrogen and oxygen atoms in total. The van der Waals surface area contributed by atoms with Crippen LogP contribution in [0.4, 0.5) is 0 Å². The van der Waals surface area contributed by atoms with E-state index >= 15 is 0 Å². The van der Waals surface area contributed by atoms with Crippen molar-refractivity contribution in [3.63, 3.8) is 0 Å². The second kappa shape index (κ2) is 9.05. The molecule has 0 radical (unpaired) electrons. The molecule has 0 spiro atoms. The Morgan fingerprint density at radius 3 is 2.76 bits per heavy atom. The first-order valence-electron chi connectivity index (χ1n) is 11.4. The van der Waals surface area contributed by atoms with Crippen LogP contribution in [0.1, 0.15) is 51.6 Å². The monoisotopic (exact) mass is 481 g/mol. The van der Waals surface area contributed by atoms with E-state index in [1.54, 1.807) is 17.4 Å². The number of aryl methyl sites for hydroxylation is 3. The Balaban J connectivity index is 1.35. The van der Waals surface area contributed by atoms with Gasteiger partial charge in [-0.3, -0.25) is 18.8 Å². The molecule has 3 heterocycles. The summed E-state index contributed by atoms with van der Waals surface area (Å²) in [5.41, 5.74) is 6.45. The maximum absolute atomic E-state index is 12.9. The molecule has 0 amide bonds. The quantitative estimate of drug-likeness (QED) is 0.397. The SMILES string of the molecule is Cc1nn(Cc2ccccc2Cl)c(C)c1CN(C)Cc1cc(=O)n2c3c(sc2n1)CCCC3. The van der Waals surface area contributed by atoms with Crippen molar-refractivity contribution in [2.45, 2.75) is 59.2 Å². The lowest BCUT2D eigenvalue weighted by atomic mass is 10.0. The maximum Gasteiger partial charge on any atom is 0.259 e. The Morgan fingerprint density at radius 2 is 1.94 bits per heavy atom. The van der Waals surface area contributed by atoms with Gasteiger partial charge in [0.1, 0.15) is 0 Å². The minimum Gasteiger partial charge on any atom is -0.296 e. The van der Waals surface area contributed by atoms with Gasteiger partial charge in [-0.05, 0) is 58.2 Å². The first-order valence-corrected chi connectivity index (χ1v) is 12.6. The zero-order valence-electron chi connectivity index (χ0n) is 19.3. The van der Waals surface area contributed by atoms with Gasteiger partial charge in [-0.1, -0.05) is 29.8 Å². The van der Waals surface area contributed by atoms with Crippen LogP contribution in [0.15, 0.2) is 35.1 Å². The van der Waals surface area contributed by atoms with Gasteiger partial charge in [-0.2, -0.15) is 5.10 Å². The number of thiazole rings is 1. The van der Waals surface area contributed by atoms with Gasteiger partial charge in [0.15, 0.2) is 4.96 Å². The van der Waals surface area contributed by atoms with Gasteiger partial charge in [-0.25, -0.2) is 4.98 Å². The largest absolute Gasteiger partial charge is 0.296 e. The standard InChI is InChI=1S/C25H28ClN5OS/c1-16-20(17(2)30(28-16)13-18-8-4-5-9-21(18)26)15-29(3)14-19-12-24(32)31-22-10-6-7-11-23(22)33-25(31)27-19/h4-5,8-9,12H,6-7,10-11,13-15H2,1-3H3. The molecule has 33 heavy (non-hydrogen) atoms. The van der Waals surface area contributed by atoms with Crippen molar-refractivity contribution >= 4 is 27.9 Å². The van der Waals surface area contributed by atoms with E-state index in [4.69, 9.17) is 21.7 Å². The van der Waals surface area contributed by atoms with Gasteiger partial charge < -0.3 is 0 Å². The van der Waals surface area contributed by atoms with Gasteiger partial charge in [0.25, 0.3) is 5.56 Å². The molecule has 172 valence electrons. The fraction of sp³-hybridized carbons (Fsp3) is 0.400. The van der Waals surface area contributed by atoms with Crippen molar-refractivity contribution in [2.24, 2.45) is 0 Å². The number of aromatic nitrogens is 4. The minimum absolute atomic E-state index is 0.0442. The Bertz CT molecular complexity index is 1390. The zero-order valence-corrected chi connectivity index (χ0v) is 20.8. The van der Waals surface area contributed by atoms with Gasteiger partial charge >= 0.3 is 0 Å². The summed E-state index contributed by atoms with van der Waals surface area (Å²) in [6, 6.07) is 9.58. The smallest absolute Gasteiger partial charge is 0.259 e. The molecule has 1 aromatic carbocycles. The molecule has 0 aliphatic heterocycles. The molecule has 0 bridgehead atoms. The number of halogens is 1. The van der Waals surface area contributed by atoms with Crippen molar-refractivity contribution in [1.29, 1.82) is 0 Å². The van der Waals surface area contributed by atoms with Gasteiger partial charge in [0.05, 0.1) is 17.9 Å². The lowest BCUT2D eigenvalue weighted by Gasteiger charge is -2.17. The topological polar surface area (TPSA) is 55.4 Å². The number of hydrogen-bond donors (Lipinski definition) is 0. The summed E-state index contributed by atoms with van der Waals surface area (Å²) in [6.07, 6.45) is 4.40. The van der Waals surface area contributed by atoms with Crippen molar-refractivity contribution in [3.05, 3.63) is 84.5 Å². The highest BCUT2D eigenvalue weighted by Gasteiger charge is 2.19. The summed E-state index contributed by atoms with van der Waals surface area (Å²) in [4.78, 5) is 22.1. The maximum atomic E-state index is 12.9. The van der Waals surface area contributed by atoms with E-state index in [0.29, 0.717) is 13.1 Å². The molecule has 0 fully saturated rings. The molecule has 8 heteroatoms. The van der Waals surface area contributed by atoms with Crippen LogP contribution >= 0.6 is 22.9 Å². The Kier molecular flexibility index (Phi) is 6.12. The van der Waals surface area contributed by atoms with E-state index in [9.17, 15) is 4.79 Å². The van der Waals surface area contributed by atoms with Gasteiger partial charge in [-0.15, -0.1) is 11.3 Å². The molecule has 0 saturated heterocycles. The Morgan fingerprint density at radius 1 is 1.15 bits per heavy atom. The molecular formula is C25H28ClN5OS. The van der Waals surface area contributed by atoms with Crippen LogP contribution in [-0.4, -0.2) is 31.1 Å². The molecule has 0 unspecified atom stereocenters. The number of benzene rings is 1. The fourth-order valence-corrected chi connectivity index (χ4v) is 6.16. The third kappa shape index (κ3) is 4.37. The number of nitrogens with zero attached hydrogens (tertiary/aromatic N) is 5. The van der Waals surface area contributed by atoms with Gasteiger partial charge in [0, 0.05) is 46.0 Å². The molecule has 0 atom stereocenters. The molecule has 1 aliphatic carbocycles. The number of fused-ring (bicyclic) bond motifs is 3. The lowest BCUT2D eigenvalue weighted by Crippen LogP contribution is -2.23. The summed E-state index contributed by atoms with van der Waals surface area (Å²) in [5.74, 6) is 0. The van der Waals surface area contributed by atoms with Crippen LogP contribution < -0.4 is 5.56 Å². The van der Waals surface area contributed by atoms with E-state index in [0.717, 1.165) is 58.4 Å². The molecule has 4 aromatic rings. The first-order chi connectivity index (χ1) is 15.9. The summed E-state index contributed by atoms with van der Waals surface area (Å²) >= 11 is 8.03. The highest BCUT2D eigenvalue weighted by atomic mass is 35.5. The lowest BCUT2D eigenvalue weighted by molar-refractivity contribution is 0.313. The molecule has 0 saturated carbocycles. The van der Waals surface area contributed by atoms with Crippen molar-refractivity contribution in [1.82, 2.24) is 24.1 Å². The van der Waals surface area contributed by atoms with Crippen molar-refractivity contribution in [3.8, 4) is 0 Å². The predicted molar refractivity (Wildman–Crippen MR) is 133 cm³/mol. The molecule has 3 aromatic heterocycles. The van der Waals surface area contributed by atoms with Crippen molar-refractivity contribution < 1.29 is 0 Å². The van der Waals surface area contributed by atoms with E-state index in [-0.39, 0.29) is 5.56 Å². The van der Waals surface area contributed by atoms with Crippen LogP contribution in [0, 0.1) is 13.8 Å². The average molecular weight is 482 g/mol. The van der Waals surface area contributed by atoms with E-state index in [1.807, 2.05) is 40.3 Å². The summed E-state index contributed by atoms with van der Waals surface area (Å²) < 4.78 is 3.85. The highest BCUT2D eigenvalue weighted by molar-refractivity contribution is 7.17. The van der Waals surface area contributed by atoms with E-state index in [1.165, 1.54) is 22.6 Å². The normalized spacial score (nSPS) is 13.7. The van der Waals surface area contributed by atoms with Crippen LogP contribution in [0.2, 0.25) is 5.02 Å². The Labute approximate surface area is 202 Å². The molecular weight excluding hydrogens is 454 g/mol. The molecule has 1 aliphatic rings. The minimum atomic E-state index is 0.0442. The number of hydrogen-bond acceptors (Lipinski definition) is 5. The average Bonchev–Trinajstić information content (AvgIpc) is 3.28. The molecule has 5 rings (SSSR count). The predicted octanol–water partition coefficient (Wildman–Crippen LogP) is 4.78. The Hall–Kier alpha value is -2.48. The fourth-order valence-electron chi connectivity index (χ4n) is 4.73. The molecule has 0 N–H and O–H groups in total. The van der Waals surface area contributed by atoms with Crippen LogP contribution in [0.5, 0.6) is 0 Å². The van der Waals surface area contributed by atoms with E-state index < -0.39 is 0 Å². The van der Waals surface area contributed by atoms with Gasteiger partial charge in [0.2, 0.25) is 0 Å². The van der Waals surface area contributed by atoms with Crippen molar-refractivity contribution in [2.75, 3.05) is 7.05 Å². The van der Waals surface area contributed by atoms with Crippen LogP contribution in [0.25, 0.3) is 4.96 Å². The summed E-state index contributed by atoms with van der Waals surface area (Å²) in [7, 11) is 2.06. The zero-order chi connectivity index (χ0) is 23.1. The number of rotatable bonds is 6. The second-order valence-corrected chi connectivity index (χ2v) is 10.4. The second-order valence-electron chi connectivity index (χ2n) is 8.95. The summed E-state index contributed by atoms with van der Waals surface area (Å²) in [6.45, 7) is 6.15. The van der Waals surface area contributed by atoms with Crippen LogP contribution in [0.3, 0.4) is 0 Å². The first kappa shape index (κ1) is 22.3. The van der Waals surface area contributed by atoms with E-state index in [2.05, 4.69) is 18.9 Å². The highest BCUT2D eigenvalue weighted by Crippen LogP contribution is 2.28. The van der Waals surface area contributed by atoms with Crippen LogP contribution in [-0.2, 0) is 32.5 Å². The third-order valence-corrected chi connectivity index (χ3v) is 8.00.